The molecule has 0 unspecified atom stereocenters. The minimum Gasteiger partial charge on any atom is -0.352 e. The van der Waals surface area contributed by atoms with Crippen LogP contribution < -0.4 is 5.32 Å². The molecular formula is C23H30N6O. The average Bonchev–Trinajstić information content (AvgIpc) is 3.12. The first kappa shape index (κ1) is 20.5. The fraction of sp³-hybridized carbons (Fsp3) is 0.435. The second-order valence-electron chi connectivity index (χ2n) is 7.78. The first-order chi connectivity index (χ1) is 14.7. The molecular weight excluding hydrogens is 376 g/mol. The number of aromatic nitrogens is 3. The Morgan fingerprint density at radius 3 is 2.70 bits per heavy atom. The van der Waals surface area contributed by atoms with Gasteiger partial charge in [0.1, 0.15) is 11.3 Å². The molecule has 0 bridgehead atoms. The molecule has 1 saturated heterocycles. The van der Waals surface area contributed by atoms with E-state index >= 15 is 0 Å². The summed E-state index contributed by atoms with van der Waals surface area (Å²) in [6.45, 7) is 11.6. The highest BCUT2D eigenvalue weighted by Gasteiger charge is 2.15. The quantitative estimate of drug-likeness (QED) is 0.611. The number of piperazine rings is 1. The maximum absolute atomic E-state index is 12.7. The SMILES string of the molecule is CCN1CCN(CCCNC(=O)c2cccc(-n3c(C)nc4cccnc43)c2)CC1. The highest BCUT2D eigenvalue weighted by Crippen LogP contribution is 2.20. The van der Waals surface area contributed by atoms with Gasteiger partial charge in [-0.15, -0.1) is 0 Å². The Balaban J connectivity index is 1.35. The van der Waals surface area contributed by atoms with Crippen LogP contribution in [0.5, 0.6) is 0 Å². The molecule has 30 heavy (non-hydrogen) atoms. The predicted molar refractivity (Wildman–Crippen MR) is 119 cm³/mol. The van der Waals surface area contributed by atoms with E-state index in [1.54, 1.807) is 6.20 Å². The maximum atomic E-state index is 12.7. The molecule has 0 saturated carbocycles. The monoisotopic (exact) mass is 406 g/mol. The molecule has 0 radical (unpaired) electrons. The summed E-state index contributed by atoms with van der Waals surface area (Å²) in [4.78, 5) is 26.7. The zero-order valence-electron chi connectivity index (χ0n) is 17.8. The zero-order chi connectivity index (χ0) is 20.9. The topological polar surface area (TPSA) is 66.3 Å². The van der Waals surface area contributed by atoms with E-state index in [9.17, 15) is 4.79 Å². The number of amides is 1. The van der Waals surface area contributed by atoms with E-state index < -0.39 is 0 Å². The molecule has 1 fully saturated rings. The lowest BCUT2D eigenvalue weighted by Crippen LogP contribution is -2.46. The number of rotatable bonds is 7. The molecule has 7 heteroatoms. The van der Waals surface area contributed by atoms with Crippen molar-refractivity contribution in [2.45, 2.75) is 20.3 Å². The number of carbonyl (C=O) groups is 1. The van der Waals surface area contributed by atoms with Crippen LogP contribution in [-0.4, -0.2) is 76.1 Å². The average molecular weight is 407 g/mol. The first-order valence-corrected chi connectivity index (χ1v) is 10.8. The van der Waals surface area contributed by atoms with E-state index in [2.05, 4.69) is 32.0 Å². The second-order valence-corrected chi connectivity index (χ2v) is 7.78. The summed E-state index contributed by atoms with van der Waals surface area (Å²) in [5, 5.41) is 3.07. The summed E-state index contributed by atoms with van der Waals surface area (Å²) in [7, 11) is 0. The number of hydrogen-bond donors (Lipinski definition) is 1. The van der Waals surface area contributed by atoms with Crippen LogP contribution in [0.2, 0.25) is 0 Å². The molecule has 1 amide bonds. The van der Waals surface area contributed by atoms with Gasteiger partial charge in [0.25, 0.3) is 5.91 Å². The Morgan fingerprint density at radius 2 is 1.90 bits per heavy atom. The van der Waals surface area contributed by atoms with E-state index in [4.69, 9.17) is 0 Å². The summed E-state index contributed by atoms with van der Waals surface area (Å²) >= 11 is 0. The van der Waals surface area contributed by atoms with E-state index in [1.807, 2.05) is 47.9 Å². The molecule has 4 rings (SSSR count). The van der Waals surface area contributed by atoms with Crippen LogP contribution in [0.15, 0.2) is 42.6 Å². The second kappa shape index (κ2) is 9.36. The Hall–Kier alpha value is -2.77. The Bertz CT molecular complexity index is 1010. The van der Waals surface area contributed by atoms with Gasteiger partial charge >= 0.3 is 0 Å². The summed E-state index contributed by atoms with van der Waals surface area (Å²) < 4.78 is 1.99. The van der Waals surface area contributed by atoms with Crippen molar-refractivity contribution in [3.63, 3.8) is 0 Å². The van der Waals surface area contributed by atoms with Gasteiger partial charge < -0.3 is 15.1 Å². The smallest absolute Gasteiger partial charge is 0.251 e. The van der Waals surface area contributed by atoms with Gasteiger partial charge in [0.05, 0.1) is 0 Å². The van der Waals surface area contributed by atoms with Crippen molar-refractivity contribution in [1.29, 1.82) is 0 Å². The third-order valence-electron chi connectivity index (χ3n) is 5.80. The van der Waals surface area contributed by atoms with Crippen LogP contribution in [0.25, 0.3) is 16.9 Å². The van der Waals surface area contributed by atoms with Crippen molar-refractivity contribution in [3.8, 4) is 5.69 Å². The number of imidazole rings is 1. The lowest BCUT2D eigenvalue weighted by atomic mass is 10.2. The van der Waals surface area contributed by atoms with Gasteiger partial charge in [0, 0.05) is 50.2 Å². The van der Waals surface area contributed by atoms with E-state index in [0.29, 0.717) is 12.1 Å². The van der Waals surface area contributed by atoms with Gasteiger partial charge in [-0.25, -0.2) is 9.97 Å². The van der Waals surface area contributed by atoms with E-state index in [0.717, 1.165) is 68.4 Å². The van der Waals surface area contributed by atoms with Crippen molar-refractivity contribution in [2.75, 3.05) is 45.8 Å². The van der Waals surface area contributed by atoms with Crippen LogP contribution in [0.3, 0.4) is 0 Å². The minimum absolute atomic E-state index is 0.0392. The molecule has 0 spiro atoms. The molecule has 2 aromatic heterocycles. The third-order valence-corrected chi connectivity index (χ3v) is 5.80. The van der Waals surface area contributed by atoms with E-state index in [1.165, 1.54) is 0 Å². The molecule has 158 valence electrons. The zero-order valence-corrected chi connectivity index (χ0v) is 17.8. The predicted octanol–water partition coefficient (Wildman–Crippen LogP) is 2.49. The summed E-state index contributed by atoms with van der Waals surface area (Å²) in [6.07, 6.45) is 2.73. The summed E-state index contributed by atoms with van der Waals surface area (Å²) in [6, 6.07) is 11.5. The lowest BCUT2D eigenvalue weighted by molar-refractivity contribution is 0.0948. The molecule has 7 nitrogen and oxygen atoms in total. The van der Waals surface area contributed by atoms with Crippen molar-refractivity contribution >= 4 is 17.1 Å². The highest BCUT2D eigenvalue weighted by molar-refractivity contribution is 5.94. The Labute approximate surface area is 177 Å². The fourth-order valence-electron chi connectivity index (χ4n) is 4.06. The number of fused-ring (bicyclic) bond motifs is 1. The van der Waals surface area contributed by atoms with Crippen molar-refractivity contribution in [2.24, 2.45) is 0 Å². The maximum Gasteiger partial charge on any atom is 0.251 e. The largest absolute Gasteiger partial charge is 0.352 e. The van der Waals surface area contributed by atoms with Gasteiger partial charge in [0.2, 0.25) is 0 Å². The Kier molecular flexibility index (Phi) is 6.40. The number of aryl methyl sites for hydroxylation is 1. The fourth-order valence-corrected chi connectivity index (χ4v) is 4.06. The number of pyridine rings is 1. The molecule has 0 aliphatic carbocycles. The van der Waals surface area contributed by atoms with Gasteiger partial charge in [-0.2, -0.15) is 0 Å². The van der Waals surface area contributed by atoms with Crippen LogP contribution >= 0.6 is 0 Å². The number of hydrogen-bond acceptors (Lipinski definition) is 5. The van der Waals surface area contributed by atoms with Crippen LogP contribution in [0.1, 0.15) is 29.5 Å². The molecule has 0 atom stereocenters. The van der Waals surface area contributed by atoms with Crippen LogP contribution in [-0.2, 0) is 0 Å². The van der Waals surface area contributed by atoms with E-state index in [-0.39, 0.29) is 5.91 Å². The molecule has 3 heterocycles. The van der Waals surface area contributed by atoms with Crippen molar-refractivity contribution in [3.05, 3.63) is 54.0 Å². The first-order valence-electron chi connectivity index (χ1n) is 10.8. The van der Waals surface area contributed by atoms with Gasteiger partial charge in [0.15, 0.2) is 5.65 Å². The van der Waals surface area contributed by atoms with Gasteiger partial charge in [-0.1, -0.05) is 13.0 Å². The van der Waals surface area contributed by atoms with Crippen molar-refractivity contribution in [1.82, 2.24) is 29.7 Å². The van der Waals surface area contributed by atoms with Crippen LogP contribution in [0.4, 0.5) is 0 Å². The molecule has 1 aliphatic rings. The molecule has 1 aliphatic heterocycles. The number of benzene rings is 1. The minimum atomic E-state index is -0.0392. The molecule has 3 aromatic rings. The summed E-state index contributed by atoms with van der Waals surface area (Å²) in [5.74, 6) is 0.812. The lowest BCUT2D eigenvalue weighted by Gasteiger charge is -2.33. The van der Waals surface area contributed by atoms with Crippen LogP contribution in [0, 0.1) is 6.92 Å². The standard InChI is InChI=1S/C23H30N6O/c1-3-27-13-15-28(16-14-27)12-6-11-25-23(30)19-7-4-8-20(17-19)29-18(2)26-21-9-5-10-24-22(21)29/h4-5,7-10,17H,3,6,11-16H2,1-2H3,(H,25,30). The van der Waals surface area contributed by atoms with Gasteiger partial charge in [-0.3, -0.25) is 9.36 Å². The van der Waals surface area contributed by atoms with Gasteiger partial charge in [-0.05, 0) is 56.8 Å². The normalized spacial score (nSPS) is 15.5. The number of likely N-dealkylation sites (N-methyl/N-ethyl adjacent to an activating group) is 1. The Morgan fingerprint density at radius 1 is 1.10 bits per heavy atom. The third kappa shape index (κ3) is 4.52. The number of nitrogens with one attached hydrogen (secondary N) is 1. The number of nitrogens with zero attached hydrogens (tertiary/aromatic N) is 5. The highest BCUT2D eigenvalue weighted by atomic mass is 16.1. The molecule has 1 aromatic carbocycles. The molecule has 1 N–H and O–H groups in total. The summed E-state index contributed by atoms with van der Waals surface area (Å²) in [5.41, 5.74) is 3.21. The van der Waals surface area contributed by atoms with Crippen molar-refractivity contribution < 1.29 is 4.79 Å². The number of carbonyl (C=O) groups excluding carboxylic acids is 1.